The van der Waals surface area contributed by atoms with E-state index in [1.165, 1.54) is 0 Å². The van der Waals surface area contributed by atoms with Gasteiger partial charge in [0.2, 0.25) is 0 Å². The van der Waals surface area contributed by atoms with Crippen LogP contribution in [0.3, 0.4) is 0 Å². The first-order chi connectivity index (χ1) is 4.36. The summed E-state index contributed by atoms with van der Waals surface area (Å²) < 4.78 is 5.02. The summed E-state index contributed by atoms with van der Waals surface area (Å²) in [7, 11) is 0. The van der Waals surface area contributed by atoms with Gasteiger partial charge in [0.05, 0.1) is 6.54 Å². The number of nitrogens with two attached hydrogens (primary N) is 1. The highest BCUT2D eigenvalue weighted by Gasteiger charge is 2.41. The molecule has 2 atom stereocenters. The molecule has 0 unspecified atom stereocenters. The lowest BCUT2D eigenvalue weighted by Crippen LogP contribution is -2.87. The van der Waals surface area contributed by atoms with E-state index in [9.17, 15) is 4.79 Å². The molecule has 0 aromatic rings. The summed E-state index contributed by atoms with van der Waals surface area (Å²) in [6.07, 6.45) is 1.93. The van der Waals surface area contributed by atoms with E-state index in [0.29, 0.717) is 12.5 Å². The lowest BCUT2D eigenvalue weighted by atomic mass is 10.2. The van der Waals surface area contributed by atoms with Gasteiger partial charge < -0.3 is 10.1 Å². The zero-order valence-corrected chi connectivity index (χ0v) is 5.17. The van der Waals surface area contributed by atoms with E-state index in [0.717, 1.165) is 13.0 Å². The van der Waals surface area contributed by atoms with Crippen LogP contribution in [0.15, 0.2) is 0 Å². The molecule has 2 heterocycles. The number of ether oxygens (including phenoxy) is 1. The van der Waals surface area contributed by atoms with E-state index in [4.69, 9.17) is 4.74 Å². The number of hydrogen-bond donors (Lipinski definition) is 1. The first kappa shape index (κ1) is 5.23. The van der Waals surface area contributed by atoms with Crippen molar-refractivity contribution in [3.8, 4) is 0 Å². The van der Waals surface area contributed by atoms with Crippen LogP contribution >= 0.6 is 0 Å². The van der Waals surface area contributed by atoms with Crippen LogP contribution in [0.2, 0.25) is 0 Å². The number of rotatable bonds is 0. The summed E-state index contributed by atoms with van der Waals surface area (Å²) >= 11 is 0. The fourth-order valence-corrected chi connectivity index (χ4v) is 1.61. The Morgan fingerprint density at radius 1 is 1.67 bits per heavy atom. The van der Waals surface area contributed by atoms with Crippen LogP contribution < -0.4 is 5.32 Å². The molecular formula is C6H10NO2+. The molecule has 0 aromatic heterocycles. The average molecular weight is 128 g/mol. The highest BCUT2D eigenvalue weighted by atomic mass is 16.6. The van der Waals surface area contributed by atoms with Crippen molar-refractivity contribution in [2.45, 2.75) is 25.0 Å². The predicted molar refractivity (Wildman–Crippen MR) is 29.7 cm³/mol. The van der Waals surface area contributed by atoms with Crippen LogP contribution in [-0.4, -0.2) is 24.7 Å². The van der Waals surface area contributed by atoms with Crippen molar-refractivity contribution in [1.29, 1.82) is 0 Å². The molecule has 0 saturated carbocycles. The van der Waals surface area contributed by atoms with Crippen LogP contribution in [0.1, 0.15) is 12.8 Å². The van der Waals surface area contributed by atoms with Gasteiger partial charge in [0.25, 0.3) is 0 Å². The van der Waals surface area contributed by atoms with Gasteiger partial charge in [-0.05, 0) is 0 Å². The SMILES string of the molecule is O=C1C[C@H]2[NH2+]CC[C@H]2O1. The molecule has 0 aromatic carbocycles. The number of quaternary nitrogens is 1. The summed E-state index contributed by atoms with van der Waals surface area (Å²) in [4.78, 5) is 10.6. The second-order valence-corrected chi connectivity index (χ2v) is 2.71. The van der Waals surface area contributed by atoms with E-state index < -0.39 is 0 Å². The molecule has 3 heteroatoms. The normalized spacial score (nSPS) is 40.7. The molecule has 0 bridgehead atoms. The summed E-state index contributed by atoms with van der Waals surface area (Å²) in [6, 6.07) is 0.456. The maximum absolute atomic E-state index is 10.6. The fraction of sp³-hybridized carbons (Fsp3) is 0.833. The molecule has 2 rings (SSSR count). The third-order valence-corrected chi connectivity index (χ3v) is 2.08. The topological polar surface area (TPSA) is 42.9 Å². The standard InChI is InChI=1S/C6H9NO2/c8-6-3-4-5(9-6)1-2-7-4/h4-5,7H,1-3H2/p+1/t4-,5-/m1/s1. The maximum Gasteiger partial charge on any atom is 0.312 e. The van der Waals surface area contributed by atoms with E-state index >= 15 is 0 Å². The van der Waals surface area contributed by atoms with E-state index in [1.54, 1.807) is 0 Å². The van der Waals surface area contributed by atoms with Crippen molar-refractivity contribution in [3.63, 3.8) is 0 Å². The molecule has 0 spiro atoms. The minimum atomic E-state index is -0.0130. The molecule has 0 radical (unpaired) electrons. The highest BCUT2D eigenvalue weighted by Crippen LogP contribution is 2.17. The van der Waals surface area contributed by atoms with Crippen molar-refractivity contribution >= 4 is 5.97 Å². The minimum Gasteiger partial charge on any atom is -0.456 e. The maximum atomic E-state index is 10.6. The third kappa shape index (κ3) is 0.721. The molecule has 9 heavy (non-hydrogen) atoms. The number of esters is 1. The predicted octanol–water partition coefficient (Wildman–Crippen LogP) is -1.36. The molecule has 0 amide bonds. The Kier molecular flexibility index (Phi) is 0.990. The Hall–Kier alpha value is -0.570. The van der Waals surface area contributed by atoms with E-state index in [2.05, 4.69) is 5.32 Å². The zero-order chi connectivity index (χ0) is 6.27. The van der Waals surface area contributed by atoms with Crippen LogP contribution in [-0.2, 0) is 9.53 Å². The lowest BCUT2D eigenvalue weighted by Gasteiger charge is -1.99. The van der Waals surface area contributed by atoms with Crippen molar-refractivity contribution in [2.75, 3.05) is 6.54 Å². The molecule has 50 valence electrons. The van der Waals surface area contributed by atoms with Gasteiger partial charge >= 0.3 is 5.97 Å². The first-order valence-corrected chi connectivity index (χ1v) is 3.39. The minimum absolute atomic E-state index is 0.0130. The van der Waals surface area contributed by atoms with Gasteiger partial charge in [-0.3, -0.25) is 4.79 Å². The molecule has 2 aliphatic heterocycles. The molecular weight excluding hydrogens is 118 g/mol. The van der Waals surface area contributed by atoms with Crippen LogP contribution in [0, 0.1) is 0 Å². The summed E-state index contributed by atoms with van der Waals surface area (Å²) in [5.74, 6) is -0.0130. The summed E-state index contributed by atoms with van der Waals surface area (Å²) in [6.45, 7) is 1.13. The van der Waals surface area contributed by atoms with Gasteiger partial charge in [-0.15, -0.1) is 0 Å². The average Bonchev–Trinajstić information content (AvgIpc) is 2.22. The van der Waals surface area contributed by atoms with Crippen LogP contribution in [0.5, 0.6) is 0 Å². The van der Waals surface area contributed by atoms with Crippen molar-refractivity contribution in [2.24, 2.45) is 0 Å². The smallest absolute Gasteiger partial charge is 0.312 e. The molecule has 3 nitrogen and oxygen atoms in total. The third-order valence-electron chi connectivity index (χ3n) is 2.08. The molecule has 2 N–H and O–H groups in total. The van der Waals surface area contributed by atoms with Crippen LogP contribution in [0.25, 0.3) is 0 Å². The van der Waals surface area contributed by atoms with Gasteiger partial charge in [0.15, 0.2) is 6.10 Å². The molecule has 2 saturated heterocycles. The van der Waals surface area contributed by atoms with Gasteiger partial charge in [0.1, 0.15) is 12.5 Å². The highest BCUT2D eigenvalue weighted by molar-refractivity contribution is 5.72. The monoisotopic (exact) mass is 128 g/mol. The second kappa shape index (κ2) is 1.70. The fourth-order valence-electron chi connectivity index (χ4n) is 1.61. The summed E-state index contributed by atoms with van der Waals surface area (Å²) in [5, 5.41) is 2.20. The largest absolute Gasteiger partial charge is 0.456 e. The number of hydrogen-bond acceptors (Lipinski definition) is 2. The van der Waals surface area contributed by atoms with Gasteiger partial charge in [-0.25, -0.2) is 0 Å². The van der Waals surface area contributed by atoms with Crippen molar-refractivity contribution in [1.82, 2.24) is 0 Å². The van der Waals surface area contributed by atoms with E-state index in [-0.39, 0.29) is 12.1 Å². The Morgan fingerprint density at radius 3 is 3.33 bits per heavy atom. The van der Waals surface area contributed by atoms with Crippen LogP contribution in [0.4, 0.5) is 0 Å². The Morgan fingerprint density at radius 2 is 2.56 bits per heavy atom. The van der Waals surface area contributed by atoms with Crippen molar-refractivity contribution < 1.29 is 14.8 Å². The molecule has 2 fully saturated rings. The lowest BCUT2D eigenvalue weighted by molar-refractivity contribution is -0.669. The van der Waals surface area contributed by atoms with Gasteiger partial charge in [-0.1, -0.05) is 0 Å². The molecule has 2 aliphatic rings. The van der Waals surface area contributed by atoms with Gasteiger partial charge in [0, 0.05) is 6.42 Å². The van der Waals surface area contributed by atoms with Crippen molar-refractivity contribution in [3.05, 3.63) is 0 Å². The van der Waals surface area contributed by atoms with Gasteiger partial charge in [-0.2, -0.15) is 0 Å². The summed E-state index contributed by atoms with van der Waals surface area (Å²) in [5.41, 5.74) is 0. The Bertz CT molecular complexity index is 132. The zero-order valence-electron chi connectivity index (χ0n) is 5.17. The second-order valence-electron chi connectivity index (χ2n) is 2.71. The molecule has 0 aliphatic carbocycles. The number of carbonyl (C=O) groups excluding carboxylic acids is 1. The Balaban J connectivity index is 2.09. The first-order valence-electron chi connectivity index (χ1n) is 3.39. The van der Waals surface area contributed by atoms with E-state index in [1.807, 2.05) is 0 Å². The number of carbonyl (C=O) groups is 1. The Labute approximate surface area is 53.4 Å². The number of fused-ring (bicyclic) bond motifs is 1. The quantitative estimate of drug-likeness (QED) is 0.409.